The fourth-order valence-corrected chi connectivity index (χ4v) is 3.95. The van der Waals surface area contributed by atoms with Gasteiger partial charge in [0.05, 0.1) is 6.54 Å². The van der Waals surface area contributed by atoms with Crippen LogP contribution in [-0.2, 0) is 12.3 Å². The van der Waals surface area contributed by atoms with Crippen LogP contribution in [0.25, 0.3) is 0 Å². The second-order valence-corrected chi connectivity index (χ2v) is 6.80. The molecular weight excluding hydrogens is 320 g/mol. The molecule has 2 aromatic carbocycles. The second kappa shape index (κ2) is 5.54. The van der Waals surface area contributed by atoms with Crippen LogP contribution < -0.4 is 0 Å². The molecule has 2 heterocycles. The molecule has 3 aromatic rings. The van der Waals surface area contributed by atoms with E-state index in [2.05, 4.69) is 4.98 Å². The number of thiazole rings is 1. The minimum atomic E-state index is -1.48. The minimum absolute atomic E-state index is 0.176. The van der Waals surface area contributed by atoms with Gasteiger partial charge in [-0.15, -0.1) is 11.3 Å². The lowest BCUT2D eigenvalue weighted by molar-refractivity contribution is -0.0543. The predicted octanol–water partition coefficient (Wildman–Crippen LogP) is 3.30. The Morgan fingerprint density at radius 3 is 2.54 bits per heavy atom. The molecule has 1 aliphatic heterocycles. The maximum absolute atomic E-state index is 12.9. The summed E-state index contributed by atoms with van der Waals surface area (Å²) < 4.78 is 0. The van der Waals surface area contributed by atoms with E-state index in [1.807, 2.05) is 60.8 Å². The average molecular weight is 336 g/mol. The van der Waals surface area contributed by atoms with Crippen LogP contribution in [0.5, 0.6) is 0 Å². The number of carbonyl (C=O) groups is 1. The summed E-state index contributed by atoms with van der Waals surface area (Å²) in [5, 5.41) is 14.4. The van der Waals surface area contributed by atoms with E-state index in [9.17, 15) is 9.90 Å². The topological polar surface area (TPSA) is 53.4 Å². The average Bonchev–Trinajstić information content (AvgIpc) is 3.12. The summed E-state index contributed by atoms with van der Waals surface area (Å²) in [6.07, 6.45) is 0. The van der Waals surface area contributed by atoms with E-state index in [1.54, 1.807) is 6.07 Å². The van der Waals surface area contributed by atoms with E-state index >= 15 is 0 Å². The molecule has 0 aliphatic carbocycles. The number of hydrogen-bond donors (Lipinski definition) is 1. The molecule has 0 saturated heterocycles. The summed E-state index contributed by atoms with van der Waals surface area (Å²) >= 11 is 1.50. The number of benzene rings is 2. The normalized spacial score (nSPS) is 19.6. The van der Waals surface area contributed by atoms with Crippen LogP contribution in [-0.4, -0.2) is 20.9 Å². The largest absolute Gasteiger partial charge is 0.363 e. The zero-order valence-corrected chi connectivity index (χ0v) is 14.0. The molecule has 1 N–H and O–H groups in total. The quantitative estimate of drug-likeness (QED) is 0.798. The van der Waals surface area contributed by atoms with Gasteiger partial charge in [0.15, 0.2) is 5.72 Å². The first-order valence-electron chi connectivity index (χ1n) is 7.71. The fourth-order valence-electron chi connectivity index (χ4n) is 3.19. The molecule has 4 nitrogen and oxygen atoms in total. The van der Waals surface area contributed by atoms with E-state index in [1.165, 1.54) is 16.2 Å². The number of carbonyl (C=O) groups excluding carboxylic acids is 1. The van der Waals surface area contributed by atoms with Crippen LogP contribution in [0.2, 0.25) is 0 Å². The third-order valence-corrected chi connectivity index (χ3v) is 5.26. The molecule has 0 bridgehead atoms. The maximum Gasteiger partial charge on any atom is 0.257 e. The van der Waals surface area contributed by atoms with Gasteiger partial charge >= 0.3 is 0 Å². The predicted molar refractivity (Wildman–Crippen MR) is 92.6 cm³/mol. The molecule has 5 heteroatoms. The number of fused-ring (bicyclic) bond motifs is 1. The summed E-state index contributed by atoms with van der Waals surface area (Å²) in [5.41, 5.74) is 1.28. The van der Waals surface area contributed by atoms with Crippen LogP contribution in [0.3, 0.4) is 0 Å². The van der Waals surface area contributed by atoms with Gasteiger partial charge in [-0.05, 0) is 13.0 Å². The minimum Gasteiger partial charge on any atom is -0.363 e. The van der Waals surface area contributed by atoms with Crippen molar-refractivity contribution >= 4 is 17.2 Å². The summed E-state index contributed by atoms with van der Waals surface area (Å²) in [6.45, 7) is 2.20. The Bertz CT molecular complexity index is 906. The molecule has 1 atom stereocenters. The lowest BCUT2D eigenvalue weighted by atomic mass is 9.94. The van der Waals surface area contributed by atoms with E-state index in [0.717, 1.165) is 10.7 Å². The zero-order valence-electron chi connectivity index (χ0n) is 13.1. The van der Waals surface area contributed by atoms with Crippen molar-refractivity contribution in [3.63, 3.8) is 0 Å². The molecule has 0 spiro atoms. The molecular formula is C19H16N2O2S. The first-order valence-corrected chi connectivity index (χ1v) is 8.59. The summed E-state index contributed by atoms with van der Waals surface area (Å²) in [5.74, 6) is -0.176. The Morgan fingerprint density at radius 2 is 1.83 bits per heavy atom. The van der Waals surface area contributed by atoms with Gasteiger partial charge < -0.3 is 5.11 Å². The van der Waals surface area contributed by atoms with E-state index in [0.29, 0.717) is 16.7 Å². The van der Waals surface area contributed by atoms with Gasteiger partial charge in [0.25, 0.3) is 5.91 Å². The van der Waals surface area contributed by atoms with Gasteiger partial charge in [0, 0.05) is 27.8 Å². The van der Waals surface area contributed by atoms with E-state index in [4.69, 9.17) is 0 Å². The molecule has 4 rings (SSSR count). The zero-order chi connectivity index (χ0) is 16.7. The van der Waals surface area contributed by atoms with Gasteiger partial charge in [0.1, 0.15) is 5.01 Å². The van der Waals surface area contributed by atoms with Gasteiger partial charge in [-0.2, -0.15) is 0 Å². The molecule has 0 radical (unpaired) electrons. The number of amides is 1. The highest BCUT2D eigenvalue weighted by atomic mass is 32.1. The Morgan fingerprint density at radius 1 is 1.12 bits per heavy atom. The first-order chi connectivity index (χ1) is 11.6. The molecule has 1 aromatic heterocycles. The van der Waals surface area contributed by atoms with Crippen LogP contribution in [0.4, 0.5) is 0 Å². The van der Waals surface area contributed by atoms with E-state index in [-0.39, 0.29) is 12.5 Å². The molecule has 1 amide bonds. The van der Waals surface area contributed by atoms with Crippen molar-refractivity contribution in [1.29, 1.82) is 0 Å². The highest BCUT2D eigenvalue weighted by Crippen LogP contribution is 2.43. The lowest BCUT2D eigenvalue weighted by Gasteiger charge is -2.34. The van der Waals surface area contributed by atoms with Crippen molar-refractivity contribution in [3.8, 4) is 0 Å². The number of aromatic nitrogens is 1. The maximum atomic E-state index is 12.9. The molecule has 1 aliphatic rings. The van der Waals surface area contributed by atoms with Gasteiger partial charge in [0.2, 0.25) is 0 Å². The molecule has 120 valence electrons. The molecule has 0 saturated carbocycles. The lowest BCUT2D eigenvalue weighted by Crippen LogP contribution is -2.44. The van der Waals surface area contributed by atoms with Crippen molar-refractivity contribution in [2.24, 2.45) is 0 Å². The smallest absolute Gasteiger partial charge is 0.257 e. The van der Waals surface area contributed by atoms with Crippen molar-refractivity contribution < 1.29 is 9.90 Å². The van der Waals surface area contributed by atoms with Crippen molar-refractivity contribution in [2.75, 3.05) is 0 Å². The fraction of sp³-hybridized carbons (Fsp3) is 0.158. The van der Waals surface area contributed by atoms with Gasteiger partial charge in [-0.1, -0.05) is 48.5 Å². The van der Waals surface area contributed by atoms with Crippen molar-refractivity contribution in [1.82, 2.24) is 9.88 Å². The molecule has 0 fully saturated rings. The Hall–Kier alpha value is -2.50. The van der Waals surface area contributed by atoms with Crippen LogP contribution in [0.1, 0.15) is 32.2 Å². The number of hydrogen-bond acceptors (Lipinski definition) is 4. The van der Waals surface area contributed by atoms with Gasteiger partial charge in [-0.3, -0.25) is 9.69 Å². The third-order valence-electron chi connectivity index (χ3n) is 4.31. The van der Waals surface area contributed by atoms with Gasteiger partial charge in [-0.25, -0.2) is 4.98 Å². The van der Waals surface area contributed by atoms with Crippen molar-refractivity contribution in [2.45, 2.75) is 19.2 Å². The van der Waals surface area contributed by atoms with E-state index < -0.39 is 5.72 Å². The summed E-state index contributed by atoms with van der Waals surface area (Å²) in [4.78, 5) is 18.9. The summed E-state index contributed by atoms with van der Waals surface area (Å²) in [6, 6.07) is 16.5. The Balaban J connectivity index is 1.86. The SMILES string of the molecule is Cc1csc(CN2C(=O)c3ccccc3[C@@]2(O)c2ccccc2)n1. The Labute approximate surface area is 144 Å². The number of rotatable bonds is 3. The monoisotopic (exact) mass is 336 g/mol. The third kappa shape index (κ3) is 2.17. The summed E-state index contributed by atoms with van der Waals surface area (Å²) in [7, 11) is 0. The number of nitrogens with zero attached hydrogens (tertiary/aromatic N) is 2. The highest BCUT2D eigenvalue weighted by Gasteiger charge is 2.49. The van der Waals surface area contributed by atoms with Crippen LogP contribution >= 0.6 is 11.3 Å². The van der Waals surface area contributed by atoms with Crippen LogP contribution in [0.15, 0.2) is 60.0 Å². The molecule has 0 unspecified atom stereocenters. The number of aryl methyl sites for hydroxylation is 1. The first kappa shape index (κ1) is 15.1. The molecule has 24 heavy (non-hydrogen) atoms. The second-order valence-electron chi connectivity index (χ2n) is 5.86. The standard InChI is InChI=1S/C19H16N2O2S/c1-13-12-24-17(20-13)11-21-18(22)15-9-5-6-10-16(15)19(21,23)14-7-3-2-4-8-14/h2-10,12,23H,11H2,1H3/t19-/m0/s1. The Kier molecular flexibility index (Phi) is 3.48. The highest BCUT2D eigenvalue weighted by molar-refractivity contribution is 7.09. The number of aliphatic hydroxyl groups is 1. The van der Waals surface area contributed by atoms with Crippen LogP contribution in [0, 0.1) is 6.92 Å². The van der Waals surface area contributed by atoms with Crippen molar-refractivity contribution in [3.05, 3.63) is 87.4 Å².